The van der Waals surface area contributed by atoms with Crippen LogP contribution in [-0.4, -0.2) is 102 Å². The number of hydrogen-bond donors (Lipinski definition) is 1. The Morgan fingerprint density at radius 1 is 0.841 bits per heavy atom. The molecule has 3 saturated heterocycles. The monoisotopic (exact) mass is 900 g/mol. The maximum Gasteiger partial charge on any atom is 0.407 e. The Balaban J connectivity index is 1.13. The first-order valence-electron chi connectivity index (χ1n) is 20.8. The molecule has 0 spiro atoms. The van der Waals surface area contributed by atoms with Crippen molar-refractivity contribution in [2.75, 3.05) is 26.0 Å². The van der Waals surface area contributed by atoms with Gasteiger partial charge < -0.3 is 38.5 Å². The highest BCUT2D eigenvalue weighted by atomic mass is 32.2. The number of aryl methyl sites for hydroxylation is 1. The predicted octanol–water partition coefficient (Wildman–Crippen LogP) is 7.44. The number of amides is 1. The van der Waals surface area contributed by atoms with E-state index in [1.165, 1.54) is 38.6 Å². The molecule has 0 saturated carbocycles. The van der Waals surface area contributed by atoms with E-state index in [2.05, 4.69) is 10.2 Å². The average molecular weight is 901 g/mol. The standard InChI is InChI=1S/C46H55F3N2O11S/c1-24-17-37(49)29(19-34(24)40-41(57-25(2)52)42(58-26(3)53)43(59-27(4)54)44(61-40)63-8)18-28-9-12-32(13-10-28)60-33-15-16-51(22-33)31-21-38(50-45(55)62-46(5,6)7)39(56-23-31)35-20-30(47)11-14-36(35)48/h9-14,17,19-20,31,33,38-44H,15-16,18,21-23H2,1-8H3,(H,50,55)/t31-,33-,38+,39-,40+,41+,42-,43+,44-/m1/s1. The van der Waals surface area contributed by atoms with E-state index in [1.807, 2.05) is 24.3 Å². The molecule has 3 aromatic carbocycles. The molecule has 3 aliphatic heterocycles. The molecular formula is C46H55F3N2O11S. The molecule has 9 atom stereocenters. The van der Waals surface area contributed by atoms with Gasteiger partial charge in [-0.15, -0.1) is 11.8 Å². The number of hydrogen-bond acceptors (Lipinski definition) is 13. The molecule has 1 amide bonds. The molecule has 0 aliphatic carbocycles. The number of likely N-dealkylation sites (tertiary alicyclic amines) is 1. The smallest absolute Gasteiger partial charge is 0.407 e. The summed E-state index contributed by atoms with van der Waals surface area (Å²) in [6.07, 6.45) is -3.28. The van der Waals surface area contributed by atoms with E-state index in [1.54, 1.807) is 40.0 Å². The highest BCUT2D eigenvalue weighted by molar-refractivity contribution is 7.99. The van der Waals surface area contributed by atoms with Gasteiger partial charge in [-0.25, -0.2) is 18.0 Å². The minimum atomic E-state index is -1.22. The van der Waals surface area contributed by atoms with Crippen molar-refractivity contribution >= 4 is 35.8 Å². The van der Waals surface area contributed by atoms with Crippen molar-refractivity contribution in [3.05, 3.63) is 99.9 Å². The fourth-order valence-corrected chi connectivity index (χ4v) is 9.08. The van der Waals surface area contributed by atoms with E-state index in [0.717, 1.165) is 23.8 Å². The molecular weight excluding hydrogens is 846 g/mol. The first-order valence-corrected chi connectivity index (χ1v) is 22.1. The van der Waals surface area contributed by atoms with Gasteiger partial charge in [0.25, 0.3) is 0 Å². The summed E-state index contributed by atoms with van der Waals surface area (Å²) in [7, 11) is 0. The molecule has 17 heteroatoms. The van der Waals surface area contributed by atoms with E-state index in [0.29, 0.717) is 48.4 Å². The SMILES string of the molecule is CS[C@H]1O[C@@H](c2cc(Cc3ccc(O[C@@H]4CCN([C@H]5CO[C@H](c6cc(F)ccc6F)[C@@H](NC(=O)OC(C)(C)C)C5)C4)cc3)c(F)cc2C)[C@H](OC(C)=O)[C@@H](OC(C)=O)[C@@H]1OC(C)=O. The van der Waals surface area contributed by atoms with E-state index in [9.17, 15) is 28.0 Å². The van der Waals surface area contributed by atoms with Gasteiger partial charge in [-0.1, -0.05) is 12.1 Å². The number of nitrogens with zero attached hydrogens (tertiary/aromatic N) is 1. The first-order chi connectivity index (χ1) is 29.8. The summed E-state index contributed by atoms with van der Waals surface area (Å²) < 4.78 is 86.1. The van der Waals surface area contributed by atoms with Crippen molar-refractivity contribution in [2.45, 2.75) is 127 Å². The molecule has 13 nitrogen and oxygen atoms in total. The Hall–Kier alpha value is -4.84. The molecule has 1 N–H and O–H groups in total. The Morgan fingerprint density at radius 3 is 2.16 bits per heavy atom. The maximum absolute atomic E-state index is 15.7. The second kappa shape index (κ2) is 20.3. The van der Waals surface area contributed by atoms with Crippen molar-refractivity contribution in [3.8, 4) is 5.75 Å². The summed E-state index contributed by atoms with van der Waals surface area (Å²) in [6, 6.07) is 12.7. The topological polar surface area (TPSA) is 148 Å². The Morgan fingerprint density at radius 2 is 1.51 bits per heavy atom. The zero-order valence-electron chi connectivity index (χ0n) is 36.6. The van der Waals surface area contributed by atoms with Crippen LogP contribution in [0.15, 0.2) is 54.6 Å². The van der Waals surface area contributed by atoms with Crippen molar-refractivity contribution in [1.82, 2.24) is 10.2 Å². The fraction of sp³-hybridized carbons (Fsp3) is 0.522. The zero-order valence-corrected chi connectivity index (χ0v) is 37.4. The van der Waals surface area contributed by atoms with E-state index < -0.39 is 89.1 Å². The summed E-state index contributed by atoms with van der Waals surface area (Å²) in [6.45, 7) is 12.0. The first kappa shape index (κ1) is 47.6. The van der Waals surface area contributed by atoms with Crippen molar-refractivity contribution < 1.29 is 65.5 Å². The molecule has 0 unspecified atom stereocenters. The number of halogens is 3. The minimum absolute atomic E-state index is 0.0201. The van der Waals surface area contributed by atoms with E-state index in [4.69, 9.17) is 33.2 Å². The molecule has 3 aliphatic rings. The van der Waals surface area contributed by atoms with Gasteiger partial charge >= 0.3 is 24.0 Å². The molecule has 0 radical (unpaired) electrons. The summed E-state index contributed by atoms with van der Waals surface area (Å²) >= 11 is 1.22. The van der Waals surface area contributed by atoms with Gasteiger partial charge in [0, 0.05) is 51.9 Å². The number of esters is 3. The summed E-state index contributed by atoms with van der Waals surface area (Å²) in [5.74, 6) is -3.09. The molecule has 0 aromatic heterocycles. The largest absolute Gasteiger partial charge is 0.489 e. The van der Waals surface area contributed by atoms with Crippen molar-refractivity contribution in [1.29, 1.82) is 0 Å². The normalized spacial score (nSPS) is 26.4. The number of nitrogens with one attached hydrogen (secondary N) is 1. The number of carbonyl (C=O) groups is 4. The van der Waals surface area contributed by atoms with Crippen LogP contribution in [0.25, 0.3) is 0 Å². The van der Waals surface area contributed by atoms with Crippen LogP contribution in [0.3, 0.4) is 0 Å². The third kappa shape index (κ3) is 12.2. The highest BCUT2D eigenvalue weighted by Crippen LogP contribution is 2.42. The molecule has 6 rings (SSSR count). The van der Waals surface area contributed by atoms with Crippen molar-refractivity contribution in [3.63, 3.8) is 0 Å². The lowest BCUT2D eigenvalue weighted by atomic mass is 9.89. The average Bonchev–Trinajstić information content (AvgIpc) is 3.66. The van der Waals surface area contributed by atoms with Crippen LogP contribution < -0.4 is 10.1 Å². The van der Waals surface area contributed by atoms with E-state index >= 15 is 4.39 Å². The highest BCUT2D eigenvalue weighted by Gasteiger charge is 2.52. The molecule has 63 heavy (non-hydrogen) atoms. The lowest BCUT2D eigenvalue weighted by molar-refractivity contribution is -0.233. The lowest BCUT2D eigenvalue weighted by Crippen LogP contribution is -2.57. The van der Waals surface area contributed by atoms with Gasteiger partial charge in [0.15, 0.2) is 18.3 Å². The van der Waals surface area contributed by atoms with E-state index in [-0.39, 0.29) is 30.7 Å². The van der Waals surface area contributed by atoms with Gasteiger partial charge in [-0.2, -0.15) is 0 Å². The number of ether oxygens (including phenoxy) is 7. The summed E-state index contributed by atoms with van der Waals surface area (Å²) in [4.78, 5) is 51.8. The summed E-state index contributed by atoms with van der Waals surface area (Å²) in [5, 5.41) is 2.84. The number of rotatable bonds is 12. The molecule has 342 valence electrons. The van der Waals surface area contributed by atoms with Gasteiger partial charge in [-0.05, 0) is 112 Å². The van der Waals surface area contributed by atoms with Gasteiger partial charge in [0.05, 0.1) is 12.6 Å². The zero-order chi connectivity index (χ0) is 45.7. The van der Waals surface area contributed by atoms with Crippen LogP contribution in [0, 0.1) is 24.4 Å². The number of carbonyl (C=O) groups excluding carboxylic acids is 4. The van der Waals surface area contributed by atoms with Gasteiger partial charge in [-0.3, -0.25) is 19.3 Å². The Bertz CT molecular complexity index is 2140. The molecule has 3 aromatic rings. The van der Waals surface area contributed by atoms with Crippen LogP contribution in [0.2, 0.25) is 0 Å². The maximum atomic E-state index is 15.7. The third-order valence-corrected chi connectivity index (χ3v) is 11.9. The number of benzene rings is 3. The second-order valence-electron chi connectivity index (χ2n) is 17.1. The van der Waals surface area contributed by atoms with Gasteiger partial charge in [0.1, 0.15) is 52.6 Å². The Labute approximate surface area is 369 Å². The molecule has 3 fully saturated rings. The summed E-state index contributed by atoms with van der Waals surface area (Å²) in [5.41, 5.74) is 0.571. The second-order valence-corrected chi connectivity index (χ2v) is 18.0. The fourth-order valence-electron chi connectivity index (χ4n) is 8.38. The molecule has 0 bridgehead atoms. The van der Waals surface area contributed by atoms with Crippen molar-refractivity contribution in [2.24, 2.45) is 0 Å². The van der Waals surface area contributed by atoms with Crippen LogP contribution in [-0.2, 0) is 49.2 Å². The third-order valence-electron chi connectivity index (χ3n) is 11.0. The molecule has 3 heterocycles. The van der Waals surface area contributed by atoms with Crippen LogP contribution in [0.5, 0.6) is 5.75 Å². The van der Waals surface area contributed by atoms with Gasteiger partial charge in [0.2, 0.25) is 0 Å². The number of alkyl carbamates (subject to hydrolysis) is 1. The van der Waals surface area contributed by atoms with Crippen LogP contribution >= 0.6 is 11.8 Å². The lowest BCUT2D eigenvalue weighted by Gasteiger charge is -2.44. The predicted molar refractivity (Wildman–Crippen MR) is 225 cm³/mol. The minimum Gasteiger partial charge on any atom is -0.489 e. The quantitative estimate of drug-likeness (QED) is 0.142. The van der Waals surface area contributed by atoms with Crippen LogP contribution in [0.4, 0.5) is 18.0 Å². The number of thioether (sulfide) groups is 1. The van der Waals surface area contributed by atoms with Crippen LogP contribution in [0.1, 0.15) is 94.4 Å². The Kier molecular flexibility index (Phi) is 15.4.